The number of fused-ring (bicyclic) bond motifs is 1. The monoisotopic (exact) mass is 345 g/mol. The molecule has 1 amide bonds. The number of nitrogens with two attached hydrogens (primary N) is 1. The van der Waals surface area contributed by atoms with Crippen LogP contribution >= 0.6 is 22.9 Å². The lowest BCUT2D eigenvalue weighted by atomic mass is 10.1. The number of anilines is 1. The minimum Gasteiger partial charge on any atom is -0.312 e. The Kier molecular flexibility index (Phi) is 3.64. The molecule has 0 aliphatic carbocycles. The smallest absolute Gasteiger partial charge is 0.227 e. The van der Waals surface area contributed by atoms with Crippen molar-refractivity contribution in [3.05, 3.63) is 22.7 Å². The molecule has 2 aromatic rings. The van der Waals surface area contributed by atoms with Gasteiger partial charge in [0.25, 0.3) is 0 Å². The van der Waals surface area contributed by atoms with Gasteiger partial charge in [-0.3, -0.25) is 4.79 Å². The van der Waals surface area contributed by atoms with Crippen LogP contribution < -0.4 is 10.0 Å². The highest BCUT2D eigenvalue weighted by Gasteiger charge is 2.32. The molecule has 3 rings (SSSR count). The van der Waals surface area contributed by atoms with E-state index >= 15 is 0 Å². The Morgan fingerprint density at radius 1 is 1.48 bits per heavy atom. The predicted octanol–water partition coefficient (Wildman–Crippen LogP) is 1.59. The number of nitrogens with zero attached hydrogens (tertiary/aromatic N) is 2. The third-order valence-electron chi connectivity index (χ3n) is 3.33. The summed E-state index contributed by atoms with van der Waals surface area (Å²) < 4.78 is 23.7. The van der Waals surface area contributed by atoms with E-state index in [1.165, 1.54) is 11.3 Å². The summed E-state index contributed by atoms with van der Waals surface area (Å²) in [5, 5.41) is 5.04. The van der Waals surface area contributed by atoms with Crippen molar-refractivity contribution in [1.29, 1.82) is 0 Å². The van der Waals surface area contributed by atoms with Gasteiger partial charge in [0.15, 0.2) is 4.47 Å². The number of rotatable bonds is 3. The number of halogens is 1. The topological polar surface area (TPSA) is 93.4 Å². The minimum absolute atomic E-state index is 0.107. The van der Waals surface area contributed by atoms with Gasteiger partial charge < -0.3 is 4.90 Å². The Hall–Kier alpha value is -1.22. The summed E-state index contributed by atoms with van der Waals surface area (Å²) in [7, 11) is -3.57. The molecule has 1 fully saturated rings. The molecule has 112 valence electrons. The van der Waals surface area contributed by atoms with E-state index in [0.717, 1.165) is 10.2 Å². The van der Waals surface area contributed by atoms with Gasteiger partial charge in [0, 0.05) is 24.6 Å². The number of sulfonamides is 1. The van der Waals surface area contributed by atoms with Crippen LogP contribution in [0.15, 0.2) is 18.2 Å². The maximum Gasteiger partial charge on any atom is 0.227 e. The summed E-state index contributed by atoms with van der Waals surface area (Å²) in [5.74, 6) is -0.563. The molecule has 1 aliphatic rings. The van der Waals surface area contributed by atoms with Crippen molar-refractivity contribution in [3.63, 3.8) is 0 Å². The van der Waals surface area contributed by atoms with E-state index in [-0.39, 0.29) is 24.0 Å². The van der Waals surface area contributed by atoms with Gasteiger partial charge in [-0.15, -0.1) is 11.3 Å². The lowest BCUT2D eigenvalue weighted by Crippen LogP contribution is -2.27. The first kappa shape index (κ1) is 14.7. The highest BCUT2D eigenvalue weighted by Crippen LogP contribution is 2.31. The molecule has 0 radical (unpaired) electrons. The predicted molar refractivity (Wildman–Crippen MR) is 83.1 cm³/mol. The molecule has 0 spiro atoms. The van der Waals surface area contributed by atoms with Gasteiger partial charge in [0.05, 0.1) is 16.0 Å². The van der Waals surface area contributed by atoms with Crippen LogP contribution in [0.3, 0.4) is 0 Å². The molecule has 9 heteroatoms. The fourth-order valence-corrected chi connectivity index (χ4v) is 4.42. The van der Waals surface area contributed by atoms with E-state index in [2.05, 4.69) is 4.98 Å². The Labute approximate surface area is 130 Å². The number of carbonyl (C=O) groups is 1. The standard InChI is InChI=1S/C12H12ClN3O3S2/c13-12-15-9-4-8(1-2-10(9)20-12)16-5-7(3-11(16)17)6-21(14,18)19/h1-2,4,7H,3,5-6H2,(H2,14,18,19). The highest BCUT2D eigenvalue weighted by atomic mass is 35.5. The molecule has 0 bridgehead atoms. The second-order valence-corrected chi connectivity index (χ2v) is 8.29. The molecular formula is C12H12ClN3O3S2. The Bertz CT molecular complexity index is 818. The van der Waals surface area contributed by atoms with Crippen LogP contribution in [0, 0.1) is 5.92 Å². The fourth-order valence-electron chi connectivity index (χ4n) is 2.53. The van der Waals surface area contributed by atoms with Crippen LogP contribution in [0.25, 0.3) is 10.2 Å². The lowest BCUT2D eigenvalue weighted by Gasteiger charge is -2.16. The van der Waals surface area contributed by atoms with Crippen LogP contribution in [0.1, 0.15) is 6.42 Å². The maximum absolute atomic E-state index is 12.1. The molecule has 2 N–H and O–H groups in total. The van der Waals surface area contributed by atoms with E-state index in [4.69, 9.17) is 16.7 Å². The zero-order valence-corrected chi connectivity index (χ0v) is 13.2. The van der Waals surface area contributed by atoms with Gasteiger partial charge in [-0.25, -0.2) is 18.5 Å². The van der Waals surface area contributed by atoms with Gasteiger partial charge >= 0.3 is 0 Å². The first-order chi connectivity index (χ1) is 9.82. The Morgan fingerprint density at radius 3 is 2.95 bits per heavy atom. The van der Waals surface area contributed by atoms with Crippen LogP contribution in [0.5, 0.6) is 0 Å². The van der Waals surface area contributed by atoms with Crippen molar-refractivity contribution in [2.45, 2.75) is 6.42 Å². The molecule has 2 heterocycles. The minimum atomic E-state index is -3.57. The number of aromatic nitrogens is 1. The van der Waals surface area contributed by atoms with E-state index < -0.39 is 10.0 Å². The van der Waals surface area contributed by atoms with Crippen molar-refractivity contribution < 1.29 is 13.2 Å². The number of hydrogen-bond acceptors (Lipinski definition) is 5. The molecule has 0 saturated carbocycles. The number of benzene rings is 1. The van der Waals surface area contributed by atoms with Crippen molar-refractivity contribution in [3.8, 4) is 0 Å². The van der Waals surface area contributed by atoms with Crippen LogP contribution in [0.2, 0.25) is 4.47 Å². The van der Waals surface area contributed by atoms with Gasteiger partial charge in [-0.05, 0) is 18.2 Å². The van der Waals surface area contributed by atoms with Gasteiger partial charge in [0.2, 0.25) is 15.9 Å². The Morgan fingerprint density at radius 2 is 2.24 bits per heavy atom. The number of primary sulfonamides is 1. The molecule has 1 aliphatic heterocycles. The zero-order chi connectivity index (χ0) is 15.2. The number of amides is 1. The van der Waals surface area contributed by atoms with Crippen LogP contribution in [0.4, 0.5) is 5.69 Å². The summed E-state index contributed by atoms with van der Waals surface area (Å²) in [6, 6.07) is 5.46. The van der Waals surface area contributed by atoms with Crippen molar-refractivity contribution in [2.24, 2.45) is 11.1 Å². The molecule has 1 saturated heterocycles. The van der Waals surface area contributed by atoms with Crippen LogP contribution in [-0.2, 0) is 14.8 Å². The van der Waals surface area contributed by atoms with Gasteiger partial charge in [-0.1, -0.05) is 11.6 Å². The summed E-state index contributed by atoms with van der Waals surface area (Å²) in [6.07, 6.45) is 0.187. The first-order valence-electron chi connectivity index (χ1n) is 6.19. The van der Waals surface area contributed by atoms with E-state index in [0.29, 0.717) is 16.7 Å². The highest BCUT2D eigenvalue weighted by molar-refractivity contribution is 7.89. The lowest BCUT2D eigenvalue weighted by molar-refractivity contribution is -0.117. The average molecular weight is 346 g/mol. The molecule has 1 atom stereocenters. The number of carbonyl (C=O) groups excluding carboxylic acids is 1. The first-order valence-corrected chi connectivity index (χ1v) is 9.10. The average Bonchev–Trinajstić information content (AvgIpc) is 2.88. The SMILES string of the molecule is NS(=O)(=O)CC1CC(=O)N(c2ccc3sc(Cl)nc3c2)C1. The van der Waals surface area contributed by atoms with E-state index in [1.807, 2.05) is 12.1 Å². The quantitative estimate of drug-likeness (QED) is 0.914. The van der Waals surface area contributed by atoms with Crippen molar-refractivity contribution in [2.75, 3.05) is 17.2 Å². The molecule has 1 aromatic carbocycles. The third kappa shape index (κ3) is 3.18. The number of hydrogen-bond donors (Lipinski definition) is 1. The normalized spacial score (nSPS) is 19.6. The molecule has 1 aromatic heterocycles. The second kappa shape index (κ2) is 5.20. The number of thiazole rings is 1. The fraction of sp³-hybridized carbons (Fsp3) is 0.333. The maximum atomic E-state index is 12.1. The van der Waals surface area contributed by atoms with Crippen LogP contribution in [-0.4, -0.2) is 31.6 Å². The molecule has 1 unspecified atom stereocenters. The summed E-state index contributed by atoms with van der Waals surface area (Å²) >= 11 is 7.23. The van der Waals surface area contributed by atoms with Crippen molar-refractivity contribution in [1.82, 2.24) is 4.98 Å². The van der Waals surface area contributed by atoms with Crippen molar-refractivity contribution >= 4 is 54.8 Å². The third-order valence-corrected chi connectivity index (χ3v) is 5.41. The van der Waals surface area contributed by atoms with Gasteiger partial charge in [-0.2, -0.15) is 0 Å². The second-order valence-electron chi connectivity index (χ2n) is 5.02. The summed E-state index contributed by atoms with van der Waals surface area (Å²) in [6.45, 7) is 0.346. The summed E-state index contributed by atoms with van der Waals surface area (Å²) in [4.78, 5) is 17.8. The van der Waals surface area contributed by atoms with E-state index in [9.17, 15) is 13.2 Å². The summed E-state index contributed by atoms with van der Waals surface area (Å²) in [5.41, 5.74) is 1.43. The van der Waals surface area contributed by atoms with Gasteiger partial charge in [0.1, 0.15) is 0 Å². The van der Waals surface area contributed by atoms with E-state index in [1.54, 1.807) is 11.0 Å². The zero-order valence-electron chi connectivity index (χ0n) is 10.8. The Balaban J connectivity index is 1.86. The largest absolute Gasteiger partial charge is 0.312 e. The molecule has 21 heavy (non-hydrogen) atoms. The molecular weight excluding hydrogens is 334 g/mol. The molecule has 6 nitrogen and oxygen atoms in total.